The van der Waals surface area contributed by atoms with Crippen molar-refractivity contribution in [3.8, 4) is 0 Å². The third-order valence-corrected chi connectivity index (χ3v) is 4.58. The Morgan fingerprint density at radius 2 is 2.25 bits per heavy atom. The van der Waals surface area contributed by atoms with Crippen LogP contribution in [0.15, 0.2) is 17.5 Å². The second-order valence-electron chi connectivity index (χ2n) is 4.92. The minimum absolute atomic E-state index is 0.602. The molecule has 0 aromatic carbocycles. The zero-order valence-electron chi connectivity index (χ0n) is 10.2. The summed E-state index contributed by atoms with van der Waals surface area (Å²) in [5.41, 5.74) is 0. The molecule has 0 saturated heterocycles. The zero-order valence-corrected chi connectivity index (χ0v) is 11.1. The maximum absolute atomic E-state index is 3.78. The molecule has 0 spiro atoms. The van der Waals surface area contributed by atoms with Crippen LogP contribution in [-0.2, 0) is 0 Å². The molecule has 1 aromatic heterocycles. The summed E-state index contributed by atoms with van der Waals surface area (Å²) >= 11 is 1.89. The predicted molar refractivity (Wildman–Crippen MR) is 71.9 cm³/mol. The van der Waals surface area contributed by atoms with E-state index < -0.39 is 0 Å². The van der Waals surface area contributed by atoms with Crippen LogP contribution in [0.5, 0.6) is 0 Å². The van der Waals surface area contributed by atoms with Crippen LogP contribution >= 0.6 is 11.3 Å². The van der Waals surface area contributed by atoms with Crippen molar-refractivity contribution < 1.29 is 0 Å². The summed E-state index contributed by atoms with van der Waals surface area (Å²) in [7, 11) is 0. The van der Waals surface area contributed by atoms with Crippen LogP contribution in [0.4, 0.5) is 0 Å². The fourth-order valence-electron chi connectivity index (χ4n) is 2.65. The van der Waals surface area contributed by atoms with Crippen LogP contribution in [0.1, 0.15) is 56.4 Å². The first kappa shape index (κ1) is 12.1. The molecule has 0 aliphatic heterocycles. The monoisotopic (exact) mass is 237 g/mol. The molecule has 2 rings (SSSR count). The molecule has 1 atom stereocenters. The molecule has 1 saturated carbocycles. The SMILES string of the molecule is CCCC(NCC1CCCC1)c1cccs1. The lowest BCUT2D eigenvalue weighted by atomic mass is 10.1. The lowest BCUT2D eigenvalue weighted by molar-refractivity contribution is 0.424. The smallest absolute Gasteiger partial charge is 0.0414 e. The molecule has 1 aliphatic rings. The van der Waals surface area contributed by atoms with E-state index in [2.05, 4.69) is 29.8 Å². The molecule has 0 radical (unpaired) electrons. The summed E-state index contributed by atoms with van der Waals surface area (Å²) in [4.78, 5) is 1.51. The van der Waals surface area contributed by atoms with Gasteiger partial charge in [-0.05, 0) is 43.2 Å². The number of nitrogens with one attached hydrogen (secondary N) is 1. The Labute approximate surface area is 103 Å². The van der Waals surface area contributed by atoms with E-state index in [1.165, 1.54) is 49.9 Å². The Morgan fingerprint density at radius 3 is 2.88 bits per heavy atom. The molecule has 1 fully saturated rings. The molecule has 16 heavy (non-hydrogen) atoms. The highest BCUT2D eigenvalue weighted by Crippen LogP contribution is 2.27. The largest absolute Gasteiger partial charge is 0.309 e. The van der Waals surface area contributed by atoms with Gasteiger partial charge in [0.1, 0.15) is 0 Å². The van der Waals surface area contributed by atoms with E-state index >= 15 is 0 Å². The van der Waals surface area contributed by atoms with E-state index in [-0.39, 0.29) is 0 Å². The van der Waals surface area contributed by atoms with Crippen molar-refractivity contribution in [3.05, 3.63) is 22.4 Å². The highest BCUT2D eigenvalue weighted by Gasteiger charge is 2.17. The van der Waals surface area contributed by atoms with Crippen molar-refractivity contribution in [1.29, 1.82) is 0 Å². The van der Waals surface area contributed by atoms with E-state index in [0.717, 1.165) is 5.92 Å². The fraction of sp³-hybridized carbons (Fsp3) is 0.714. The molecule has 1 aromatic rings. The van der Waals surface area contributed by atoms with Gasteiger partial charge in [0.15, 0.2) is 0 Å². The summed E-state index contributed by atoms with van der Waals surface area (Å²) in [5, 5.41) is 5.97. The molecule has 1 aliphatic carbocycles. The summed E-state index contributed by atoms with van der Waals surface area (Å²) in [6, 6.07) is 5.04. The minimum atomic E-state index is 0.602. The third-order valence-electron chi connectivity index (χ3n) is 3.59. The Hall–Kier alpha value is -0.340. The van der Waals surface area contributed by atoms with Gasteiger partial charge in [-0.25, -0.2) is 0 Å². The Kier molecular flexibility index (Phi) is 4.86. The molecule has 0 amide bonds. The van der Waals surface area contributed by atoms with Crippen molar-refractivity contribution >= 4 is 11.3 Å². The topological polar surface area (TPSA) is 12.0 Å². The quantitative estimate of drug-likeness (QED) is 0.774. The maximum Gasteiger partial charge on any atom is 0.0414 e. The van der Waals surface area contributed by atoms with Crippen molar-refractivity contribution in [3.63, 3.8) is 0 Å². The van der Waals surface area contributed by atoms with Gasteiger partial charge in [0.25, 0.3) is 0 Å². The summed E-state index contributed by atoms with van der Waals surface area (Å²) in [5.74, 6) is 0.944. The van der Waals surface area contributed by atoms with Crippen molar-refractivity contribution in [2.75, 3.05) is 6.54 Å². The Morgan fingerprint density at radius 1 is 1.44 bits per heavy atom. The van der Waals surface area contributed by atoms with E-state index in [9.17, 15) is 0 Å². The Bertz CT molecular complexity index is 275. The molecule has 1 heterocycles. The van der Waals surface area contributed by atoms with Gasteiger partial charge in [-0.1, -0.05) is 32.3 Å². The highest BCUT2D eigenvalue weighted by atomic mass is 32.1. The highest BCUT2D eigenvalue weighted by molar-refractivity contribution is 7.10. The van der Waals surface area contributed by atoms with Crippen LogP contribution in [0.2, 0.25) is 0 Å². The lowest BCUT2D eigenvalue weighted by Crippen LogP contribution is -2.25. The van der Waals surface area contributed by atoms with Crippen LogP contribution < -0.4 is 5.32 Å². The maximum atomic E-state index is 3.78. The van der Waals surface area contributed by atoms with Gasteiger partial charge in [-0.3, -0.25) is 0 Å². The fourth-order valence-corrected chi connectivity index (χ4v) is 3.48. The first-order valence-electron chi connectivity index (χ1n) is 6.67. The first-order valence-corrected chi connectivity index (χ1v) is 7.55. The standard InChI is InChI=1S/C14H23NS/c1-2-6-13(14-9-5-10-16-14)15-11-12-7-3-4-8-12/h5,9-10,12-13,15H,2-4,6-8,11H2,1H3. The van der Waals surface area contributed by atoms with Crippen LogP contribution in [0, 0.1) is 5.92 Å². The van der Waals surface area contributed by atoms with Gasteiger partial charge in [0.2, 0.25) is 0 Å². The molecule has 1 N–H and O–H groups in total. The summed E-state index contributed by atoms with van der Waals surface area (Å²) in [6.45, 7) is 3.50. The second kappa shape index (κ2) is 6.41. The third kappa shape index (κ3) is 3.33. The normalized spacial score (nSPS) is 19.1. The van der Waals surface area contributed by atoms with Gasteiger partial charge in [-0.15, -0.1) is 11.3 Å². The summed E-state index contributed by atoms with van der Waals surface area (Å²) < 4.78 is 0. The molecule has 90 valence electrons. The number of rotatable bonds is 6. The van der Waals surface area contributed by atoms with E-state index in [0.29, 0.717) is 6.04 Å². The van der Waals surface area contributed by atoms with Gasteiger partial charge in [0, 0.05) is 10.9 Å². The average Bonchev–Trinajstić information content (AvgIpc) is 2.96. The molecule has 0 bridgehead atoms. The molecule has 1 nitrogen and oxygen atoms in total. The molecular weight excluding hydrogens is 214 g/mol. The van der Waals surface area contributed by atoms with Crippen molar-refractivity contribution in [2.45, 2.75) is 51.5 Å². The van der Waals surface area contributed by atoms with Crippen LogP contribution in [0.25, 0.3) is 0 Å². The average molecular weight is 237 g/mol. The minimum Gasteiger partial charge on any atom is -0.309 e. The number of hydrogen-bond acceptors (Lipinski definition) is 2. The molecular formula is C14H23NS. The summed E-state index contributed by atoms with van der Waals surface area (Å²) in [6.07, 6.45) is 8.31. The van der Waals surface area contributed by atoms with Crippen LogP contribution in [-0.4, -0.2) is 6.54 Å². The van der Waals surface area contributed by atoms with Gasteiger partial charge in [-0.2, -0.15) is 0 Å². The second-order valence-corrected chi connectivity index (χ2v) is 5.89. The predicted octanol–water partition coefficient (Wildman–Crippen LogP) is 4.37. The van der Waals surface area contributed by atoms with Crippen molar-refractivity contribution in [1.82, 2.24) is 5.32 Å². The van der Waals surface area contributed by atoms with E-state index in [4.69, 9.17) is 0 Å². The Balaban J connectivity index is 1.82. The first-order chi connectivity index (χ1) is 7.90. The van der Waals surface area contributed by atoms with Crippen LogP contribution in [0.3, 0.4) is 0 Å². The molecule has 2 heteroatoms. The van der Waals surface area contributed by atoms with Gasteiger partial charge in [0.05, 0.1) is 0 Å². The lowest BCUT2D eigenvalue weighted by Gasteiger charge is -2.19. The van der Waals surface area contributed by atoms with E-state index in [1.54, 1.807) is 0 Å². The van der Waals surface area contributed by atoms with Crippen molar-refractivity contribution in [2.24, 2.45) is 5.92 Å². The van der Waals surface area contributed by atoms with Gasteiger partial charge >= 0.3 is 0 Å². The van der Waals surface area contributed by atoms with E-state index in [1.807, 2.05) is 11.3 Å². The number of thiophene rings is 1. The number of hydrogen-bond donors (Lipinski definition) is 1. The van der Waals surface area contributed by atoms with Gasteiger partial charge < -0.3 is 5.32 Å². The molecule has 1 unspecified atom stereocenters. The zero-order chi connectivity index (χ0) is 11.2.